The Labute approximate surface area is 94.3 Å². The van der Waals surface area contributed by atoms with Crippen LogP contribution in [0.15, 0.2) is 17.5 Å². The first-order valence-electron chi connectivity index (χ1n) is 4.86. The predicted octanol–water partition coefficient (Wildman–Crippen LogP) is 1.13. The molecule has 4 nitrogen and oxygen atoms in total. The van der Waals surface area contributed by atoms with E-state index in [9.17, 15) is 0 Å². The van der Waals surface area contributed by atoms with Gasteiger partial charge in [0.15, 0.2) is 6.29 Å². The molecule has 3 N–H and O–H groups in total. The van der Waals surface area contributed by atoms with Gasteiger partial charge in [-0.15, -0.1) is 11.3 Å². The summed E-state index contributed by atoms with van der Waals surface area (Å²) in [5, 5.41) is 2.07. The molecule has 0 radical (unpaired) electrons. The molecule has 1 heterocycles. The van der Waals surface area contributed by atoms with Crippen LogP contribution in [0.2, 0.25) is 0 Å². The Morgan fingerprint density at radius 1 is 1.47 bits per heavy atom. The Hall–Kier alpha value is -0.460. The molecular weight excluding hydrogens is 212 g/mol. The van der Waals surface area contributed by atoms with Gasteiger partial charge in [0.1, 0.15) is 0 Å². The van der Waals surface area contributed by atoms with E-state index >= 15 is 0 Å². The molecule has 0 fully saturated rings. The van der Waals surface area contributed by atoms with Crippen molar-refractivity contribution in [2.45, 2.75) is 25.2 Å². The number of hydrazine groups is 1. The average molecular weight is 230 g/mol. The molecule has 15 heavy (non-hydrogen) atoms. The summed E-state index contributed by atoms with van der Waals surface area (Å²) in [6, 6.07) is 4.18. The molecule has 0 saturated carbocycles. The van der Waals surface area contributed by atoms with Crippen molar-refractivity contribution in [3.8, 4) is 0 Å². The van der Waals surface area contributed by atoms with Crippen LogP contribution in [-0.2, 0) is 15.9 Å². The van der Waals surface area contributed by atoms with Crippen molar-refractivity contribution in [1.29, 1.82) is 0 Å². The predicted molar refractivity (Wildman–Crippen MR) is 61.6 cm³/mol. The van der Waals surface area contributed by atoms with Gasteiger partial charge in [-0.3, -0.25) is 11.3 Å². The van der Waals surface area contributed by atoms with E-state index in [-0.39, 0.29) is 12.3 Å². The molecule has 0 bridgehead atoms. The topological polar surface area (TPSA) is 56.5 Å². The molecule has 0 aliphatic carbocycles. The van der Waals surface area contributed by atoms with E-state index in [1.807, 2.05) is 0 Å². The van der Waals surface area contributed by atoms with Crippen LogP contribution in [-0.4, -0.2) is 26.6 Å². The second-order valence-corrected chi connectivity index (χ2v) is 4.26. The number of thiophene rings is 1. The summed E-state index contributed by atoms with van der Waals surface area (Å²) < 4.78 is 10.3. The number of aryl methyl sites for hydroxylation is 1. The zero-order valence-corrected chi connectivity index (χ0v) is 9.92. The molecule has 86 valence electrons. The van der Waals surface area contributed by atoms with Crippen molar-refractivity contribution >= 4 is 11.3 Å². The molecule has 1 aromatic heterocycles. The number of hydrogen-bond acceptors (Lipinski definition) is 5. The maximum absolute atomic E-state index is 5.46. The van der Waals surface area contributed by atoms with Crippen molar-refractivity contribution in [2.75, 3.05) is 14.2 Å². The molecule has 0 spiro atoms. The first-order valence-corrected chi connectivity index (χ1v) is 5.74. The van der Waals surface area contributed by atoms with Gasteiger partial charge in [0, 0.05) is 19.1 Å². The van der Waals surface area contributed by atoms with Gasteiger partial charge in [-0.05, 0) is 24.3 Å². The zero-order chi connectivity index (χ0) is 11.1. The molecule has 0 amide bonds. The second kappa shape index (κ2) is 6.92. The van der Waals surface area contributed by atoms with Gasteiger partial charge >= 0.3 is 0 Å². The Morgan fingerprint density at radius 3 is 2.67 bits per heavy atom. The molecule has 1 atom stereocenters. The lowest BCUT2D eigenvalue weighted by Crippen LogP contribution is -2.45. The van der Waals surface area contributed by atoms with E-state index in [1.54, 1.807) is 25.6 Å². The lowest BCUT2D eigenvalue weighted by molar-refractivity contribution is -0.124. The van der Waals surface area contributed by atoms with Gasteiger partial charge in [0.2, 0.25) is 0 Å². The minimum absolute atomic E-state index is 0.0158. The first kappa shape index (κ1) is 12.6. The van der Waals surface area contributed by atoms with Crippen LogP contribution in [0.3, 0.4) is 0 Å². The Morgan fingerprint density at radius 2 is 2.20 bits per heavy atom. The smallest absolute Gasteiger partial charge is 0.173 e. The van der Waals surface area contributed by atoms with Crippen molar-refractivity contribution in [1.82, 2.24) is 5.43 Å². The number of methoxy groups -OCH3 is 2. The molecule has 5 heteroatoms. The lowest BCUT2D eigenvalue weighted by atomic mass is 10.1. The van der Waals surface area contributed by atoms with Crippen LogP contribution < -0.4 is 11.3 Å². The molecule has 1 rings (SSSR count). The van der Waals surface area contributed by atoms with Gasteiger partial charge in [-0.1, -0.05) is 6.07 Å². The highest BCUT2D eigenvalue weighted by Gasteiger charge is 2.19. The Balaban J connectivity index is 2.39. The minimum atomic E-state index is -0.296. The van der Waals surface area contributed by atoms with E-state index in [0.29, 0.717) is 0 Å². The normalized spacial score (nSPS) is 13.3. The number of nitrogens with two attached hydrogens (primary N) is 1. The van der Waals surface area contributed by atoms with Crippen LogP contribution in [0.4, 0.5) is 0 Å². The van der Waals surface area contributed by atoms with E-state index < -0.39 is 0 Å². The zero-order valence-electron chi connectivity index (χ0n) is 9.10. The SMILES string of the molecule is COC(OC)C(CCc1cccs1)NN. The largest absolute Gasteiger partial charge is 0.354 e. The molecular formula is C10H18N2O2S. The summed E-state index contributed by atoms with van der Waals surface area (Å²) in [6.45, 7) is 0. The highest BCUT2D eigenvalue weighted by molar-refractivity contribution is 7.09. The van der Waals surface area contributed by atoms with E-state index in [4.69, 9.17) is 15.3 Å². The van der Waals surface area contributed by atoms with Crippen molar-refractivity contribution in [3.05, 3.63) is 22.4 Å². The second-order valence-electron chi connectivity index (χ2n) is 3.23. The van der Waals surface area contributed by atoms with Gasteiger partial charge in [0.05, 0.1) is 6.04 Å². The quantitative estimate of drug-likeness (QED) is 0.419. The summed E-state index contributed by atoms with van der Waals surface area (Å²) >= 11 is 1.75. The molecule has 1 aromatic rings. The minimum Gasteiger partial charge on any atom is -0.354 e. The van der Waals surface area contributed by atoms with Crippen molar-refractivity contribution in [3.63, 3.8) is 0 Å². The fourth-order valence-electron chi connectivity index (χ4n) is 1.48. The third-order valence-electron chi connectivity index (χ3n) is 2.29. The monoisotopic (exact) mass is 230 g/mol. The summed E-state index contributed by atoms with van der Waals surface area (Å²) in [5.74, 6) is 5.46. The highest BCUT2D eigenvalue weighted by atomic mass is 32.1. The maximum atomic E-state index is 5.46. The molecule has 0 aromatic carbocycles. The number of rotatable bonds is 7. The summed E-state index contributed by atoms with van der Waals surface area (Å²) in [4.78, 5) is 1.35. The standard InChI is InChI=1S/C10H18N2O2S/c1-13-10(14-2)9(12-11)6-5-8-4-3-7-15-8/h3-4,7,9-10,12H,5-6,11H2,1-2H3. The van der Waals surface area contributed by atoms with Crippen molar-refractivity contribution < 1.29 is 9.47 Å². The Kier molecular flexibility index (Phi) is 5.82. The average Bonchev–Trinajstić information content (AvgIpc) is 2.77. The molecule has 0 aliphatic rings. The molecule has 1 unspecified atom stereocenters. The lowest BCUT2D eigenvalue weighted by Gasteiger charge is -2.23. The van der Waals surface area contributed by atoms with Crippen LogP contribution in [0.1, 0.15) is 11.3 Å². The molecule has 0 aliphatic heterocycles. The van der Waals surface area contributed by atoms with Gasteiger partial charge in [-0.2, -0.15) is 0 Å². The third kappa shape index (κ3) is 3.89. The maximum Gasteiger partial charge on any atom is 0.173 e. The fourth-order valence-corrected chi connectivity index (χ4v) is 2.20. The van der Waals surface area contributed by atoms with Crippen LogP contribution >= 0.6 is 11.3 Å². The van der Waals surface area contributed by atoms with Crippen LogP contribution in [0.5, 0.6) is 0 Å². The van der Waals surface area contributed by atoms with E-state index in [0.717, 1.165) is 12.8 Å². The van der Waals surface area contributed by atoms with Crippen LogP contribution in [0, 0.1) is 0 Å². The van der Waals surface area contributed by atoms with E-state index in [2.05, 4.69) is 22.9 Å². The summed E-state index contributed by atoms with van der Waals surface area (Å²) in [5.41, 5.74) is 2.72. The third-order valence-corrected chi connectivity index (χ3v) is 3.23. The fraction of sp³-hybridized carbons (Fsp3) is 0.600. The number of hydrogen-bond donors (Lipinski definition) is 2. The first-order chi connectivity index (χ1) is 7.31. The van der Waals surface area contributed by atoms with Gasteiger partial charge in [0.25, 0.3) is 0 Å². The Bertz CT molecular complexity index is 250. The number of ether oxygens (including phenoxy) is 2. The number of nitrogens with one attached hydrogen (secondary N) is 1. The van der Waals surface area contributed by atoms with Crippen molar-refractivity contribution in [2.24, 2.45) is 5.84 Å². The van der Waals surface area contributed by atoms with E-state index in [1.165, 1.54) is 4.88 Å². The molecule has 0 saturated heterocycles. The van der Waals surface area contributed by atoms with Gasteiger partial charge < -0.3 is 9.47 Å². The van der Waals surface area contributed by atoms with Crippen LogP contribution in [0.25, 0.3) is 0 Å². The summed E-state index contributed by atoms with van der Waals surface area (Å²) in [6.07, 6.45) is 1.58. The summed E-state index contributed by atoms with van der Waals surface area (Å²) in [7, 11) is 3.23. The van der Waals surface area contributed by atoms with Gasteiger partial charge in [-0.25, -0.2) is 0 Å². The highest BCUT2D eigenvalue weighted by Crippen LogP contribution is 2.14.